The average molecular weight is 141 g/mol. The molecule has 0 amide bonds. The normalized spacial score (nSPS) is 30.0. The predicted molar refractivity (Wildman–Crippen MR) is 37.9 cm³/mol. The molecule has 2 aliphatic rings. The van der Waals surface area contributed by atoms with Gasteiger partial charge in [-0.25, -0.2) is 5.01 Å². The van der Waals surface area contributed by atoms with Gasteiger partial charge in [-0.2, -0.15) is 5.12 Å². The summed E-state index contributed by atoms with van der Waals surface area (Å²) in [6.07, 6.45) is 1.22. The van der Waals surface area contributed by atoms with Gasteiger partial charge in [-0.1, -0.05) is 0 Å². The number of nitrogens with one attached hydrogen (secondary N) is 1. The Kier molecular flexibility index (Phi) is 1.86. The quantitative estimate of drug-likeness (QED) is 0.508. The van der Waals surface area contributed by atoms with Crippen molar-refractivity contribution in [1.82, 2.24) is 20.9 Å². The maximum absolute atomic E-state index is 4.34. The van der Waals surface area contributed by atoms with E-state index in [1.807, 2.05) is 0 Å². The maximum atomic E-state index is 4.34. The number of hydrogen-bond donors (Lipinski definition) is 1. The van der Waals surface area contributed by atoms with Crippen molar-refractivity contribution in [1.29, 1.82) is 0 Å². The molecule has 0 aromatic rings. The van der Waals surface area contributed by atoms with Crippen LogP contribution in [0.2, 0.25) is 0 Å². The average Bonchev–Trinajstić information content (AvgIpc) is 2.59. The molecule has 4 heteroatoms. The van der Waals surface area contributed by atoms with Crippen LogP contribution in [0.5, 0.6) is 0 Å². The minimum absolute atomic E-state index is 0.976. The third-order valence-corrected chi connectivity index (χ3v) is 1.95. The third kappa shape index (κ3) is 1.15. The molecular formula is C6H13N4. The second-order valence-electron chi connectivity index (χ2n) is 2.70. The lowest BCUT2D eigenvalue weighted by atomic mass is 10.5. The molecular weight excluding hydrogens is 128 g/mol. The Morgan fingerprint density at radius 2 is 2.30 bits per heavy atom. The fourth-order valence-corrected chi connectivity index (χ4v) is 1.39. The Morgan fingerprint density at radius 3 is 2.90 bits per heavy atom. The van der Waals surface area contributed by atoms with Crippen molar-refractivity contribution < 1.29 is 0 Å². The molecule has 0 spiro atoms. The summed E-state index contributed by atoms with van der Waals surface area (Å²) in [7, 11) is 0. The zero-order valence-electron chi connectivity index (χ0n) is 6.08. The Labute approximate surface area is 61.1 Å². The topological polar surface area (TPSA) is 32.6 Å². The van der Waals surface area contributed by atoms with Crippen molar-refractivity contribution in [3.8, 4) is 0 Å². The molecule has 0 aromatic heterocycles. The van der Waals surface area contributed by atoms with Crippen LogP contribution in [0.1, 0.15) is 6.42 Å². The van der Waals surface area contributed by atoms with Crippen molar-refractivity contribution in [2.75, 3.05) is 32.8 Å². The van der Waals surface area contributed by atoms with Gasteiger partial charge in [0.1, 0.15) is 0 Å². The summed E-state index contributed by atoms with van der Waals surface area (Å²) < 4.78 is 0. The molecule has 0 aliphatic carbocycles. The van der Waals surface area contributed by atoms with Crippen LogP contribution in [-0.2, 0) is 0 Å². The van der Waals surface area contributed by atoms with Crippen LogP contribution in [0.4, 0.5) is 0 Å². The highest BCUT2D eigenvalue weighted by molar-refractivity contribution is 4.66. The molecule has 1 radical (unpaired) electrons. The molecule has 0 unspecified atom stereocenters. The SMILES string of the molecule is C1C[N]N(N2CCNC2)C1. The van der Waals surface area contributed by atoms with E-state index in [0.717, 1.165) is 32.8 Å². The number of nitrogens with zero attached hydrogens (tertiary/aromatic N) is 3. The number of hydrogen-bond acceptors (Lipinski definition) is 3. The first-order valence-corrected chi connectivity index (χ1v) is 3.87. The largest absolute Gasteiger partial charge is 0.302 e. The summed E-state index contributed by atoms with van der Waals surface area (Å²) in [5, 5.41) is 7.63. The van der Waals surface area contributed by atoms with Gasteiger partial charge in [0.25, 0.3) is 0 Å². The van der Waals surface area contributed by atoms with E-state index in [0.29, 0.717) is 0 Å². The summed E-state index contributed by atoms with van der Waals surface area (Å²) in [6, 6.07) is 0. The first kappa shape index (κ1) is 6.54. The van der Waals surface area contributed by atoms with Crippen molar-refractivity contribution in [3.05, 3.63) is 0 Å². The molecule has 0 bridgehead atoms. The minimum Gasteiger partial charge on any atom is -0.302 e. The molecule has 2 rings (SSSR count). The van der Waals surface area contributed by atoms with E-state index in [9.17, 15) is 0 Å². The Hall–Kier alpha value is -0.160. The minimum atomic E-state index is 0.976. The summed E-state index contributed by atoms with van der Waals surface area (Å²) in [5.41, 5.74) is 4.34. The molecule has 2 heterocycles. The molecule has 1 N–H and O–H groups in total. The smallest absolute Gasteiger partial charge is 0.0638 e. The van der Waals surface area contributed by atoms with Crippen LogP contribution in [0.25, 0.3) is 0 Å². The summed E-state index contributed by atoms with van der Waals surface area (Å²) in [4.78, 5) is 0. The van der Waals surface area contributed by atoms with Crippen molar-refractivity contribution >= 4 is 0 Å². The first-order chi connectivity index (χ1) is 4.97. The van der Waals surface area contributed by atoms with Gasteiger partial charge >= 0.3 is 0 Å². The zero-order valence-corrected chi connectivity index (χ0v) is 6.08. The van der Waals surface area contributed by atoms with Gasteiger partial charge < -0.3 is 5.32 Å². The molecule has 2 fully saturated rings. The van der Waals surface area contributed by atoms with E-state index < -0.39 is 0 Å². The van der Waals surface area contributed by atoms with Gasteiger partial charge in [0.05, 0.1) is 6.67 Å². The van der Waals surface area contributed by atoms with E-state index in [1.54, 1.807) is 0 Å². The standard InChI is InChI=1S/C6H13N4/c1-2-8-10(4-1)9-5-3-7-6-9/h7H,1-6H2. The second-order valence-corrected chi connectivity index (χ2v) is 2.70. The Morgan fingerprint density at radius 1 is 1.30 bits per heavy atom. The highest BCUT2D eigenvalue weighted by Gasteiger charge is 2.22. The van der Waals surface area contributed by atoms with E-state index in [4.69, 9.17) is 0 Å². The Balaban J connectivity index is 1.85. The van der Waals surface area contributed by atoms with Crippen LogP contribution in [0.3, 0.4) is 0 Å². The van der Waals surface area contributed by atoms with Gasteiger partial charge in [-0.3, -0.25) is 0 Å². The highest BCUT2D eigenvalue weighted by Crippen LogP contribution is 2.04. The van der Waals surface area contributed by atoms with Crippen molar-refractivity contribution in [2.24, 2.45) is 0 Å². The predicted octanol–water partition coefficient (Wildman–Crippen LogP) is -1.01. The van der Waals surface area contributed by atoms with Crippen LogP contribution in [0.15, 0.2) is 0 Å². The summed E-state index contributed by atoms with van der Waals surface area (Å²) in [6.45, 7) is 5.32. The lowest BCUT2D eigenvalue weighted by molar-refractivity contribution is -0.0279. The second kappa shape index (κ2) is 2.84. The zero-order chi connectivity index (χ0) is 6.81. The molecule has 0 atom stereocenters. The number of hydrazine groups is 1. The summed E-state index contributed by atoms with van der Waals surface area (Å²) in [5.74, 6) is 0. The summed E-state index contributed by atoms with van der Waals surface area (Å²) >= 11 is 0. The highest BCUT2D eigenvalue weighted by atomic mass is 15.8. The first-order valence-electron chi connectivity index (χ1n) is 3.87. The van der Waals surface area contributed by atoms with Crippen LogP contribution in [-0.4, -0.2) is 43.0 Å². The van der Waals surface area contributed by atoms with Crippen LogP contribution < -0.4 is 10.7 Å². The van der Waals surface area contributed by atoms with Gasteiger partial charge in [0.15, 0.2) is 0 Å². The van der Waals surface area contributed by atoms with Gasteiger partial charge in [0.2, 0.25) is 0 Å². The monoisotopic (exact) mass is 141 g/mol. The molecule has 10 heavy (non-hydrogen) atoms. The maximum Gasteiger partial charge on any atom is 0.0638 e. The van der Waals surface area contributed by atoms with E-state index in [-0.39, 0.29) is 0 Å². The molecule has 0 aromatic carbocycles. The van der Waals surface area contributed by atoms with E-state index in [1.165, 1.54) is 6.42 Å². The number of rotatable bonds is 1. The van der Waals surface area contributed by atoms with Crippen molar-refractivity contribution in [3.63, 3.8) is 0 Å². The van der Waals surface area contributed by atoms with Gasteiger partial charge in [-0.05, 0) is 6.42 Å². The molecule has 4 nitrogen and oxygen atoms in total. The van der Waals surface area contributed by atoms with E-state index in [2.05, 4.69) is 20.9 Å². The van der Waals surface area contributed by atoms with E-state index >= 15 is 0 Å². The molecule has 0 saturated carbocycles. The van der Waals surface area contributed by atoms with Gasteiger partial charge in [0, 0.05) is 26.2 Å². The van der Waals surface area contributed by atoms with Crippen LogP contribution in [0, 0.1) is 0 Å². The lowest BCUT2D eigenvalue weighted by Gasteiger charge is -2.23. The fourth-order valence-electron chi connectivity index (χ4n) is 1.39. The van der Waals surface area contributed by atoms with Gasteiger partial charge in [-0.15, -0.1) is 5.43 Å². The Bertz CT molecular complexity index is 90.3. The third-order valence-electron chi connectivity index (χ3n) is 1.95. The molecule has 2 saturated heterocycles. The molecule has 57 valence electrons. The van der Waals surface area contributed by atoms with Crippen LogP contribution >= 0.6 is 0 Å². The van der Waals surface area contributed by atoms with Crippen molar-refractivity contribution in [2.45, 2.75) is 6.42 Å². The molecule has 2 aliphatic heterocycles. The lowest BCUT2D eigenvalue weighted by Crippen LogP contribution is -2.42. The fraction of sp³-hybridized carbons (Fsp3) is 1.00.